The molecule has 1 saturated heterocycles. The molecule has 2 aromatic carbocycles. The molecule has 132 valence electrons. The lowest BCUT2D eigenvalue weighted by Crippen LogP contribution is -2.26. The molecule has 0 radical (unpaired) electrons. The number of nitrogens with zero attached hydrogens (tertiary/aromatic N) is 1. The van der Waals surface area contributed by atoms with Crippen molar-refractivity contribution in [1.29, 1.82) is 0 Å². The van der Waals surface area contributed by atoms with E-state index in [1.807, 2.05) is 0 Å². The van der Waals surface area contributed by atoms with Gasteiger partial charge in [0.2, 0.25) is 10.0 Å². The van der Waals surface area contributed by atoms with Crippen LogP contribution < -0.4 is 9.62 Å². The van der Waals surface area contributed by atoms with Gasteiger partial charge in [-0.2, -0.15) is 0 Å². The largest absolute Gasteiger partial charge is 0.447 e. The van der Waals surface area contributed by atoms with Crippen molar-refractivity contribution in [3.63, 3.8) is 0 Å². The molecule has 0 atom stereocenters. The minimum absolute atomic E-state index is 0.114. The number of hydrogen-bond acceptors (Lipinski definition) is 4. The maximum Gasteiger partial charge on any atom is 0.414 e. The topological polar surface area (TPSA) is 75.7 Å². The van der Waals surface area contributed by atoms with Crippen LogP contribution in [-0.2, 0) is 21.2 Å². The SMILES string of the molecule is O=C1OCCN1c1ccc(S(=O)(=O)NCCc2ccc(F)cc2)cc1. The minimum Gasteiger partial charge on any atom is -0.447 e. The van der Waals surface area contributed by atoms with Gasteiger partial charge >= 0.3 is 6.09 Å². The molecule has 1 N–H and O–H groups in total. The number of carbonyl (C=O) groups is 1. The van der Waals surface area contributed by atoms with Crippen LogP contribution in [0, 0.1) is 5.82 Å². The van der Waals surface area contributed by atoms with Crippen molar-refractivity contribution in [2.24, 2.45) is 0 Å². The molecule has 0 aromatic heterocycles. The number of amides is 1. The van der Waals surface area contributed by atoms with E-state index in [-0.39, 0.29) is 17.3 Å². The van der Waals surface area contributed by atoms with Gasteiger partial charge in [0, 0.05) is 12.2 Å². The highest BCUT2D eigenvalue weighted by molar-refractivity contribution is 7.89. The number of benzene rings is 2. The van der Waals surface area contributed by atoms with Crippen molar-refractivity contribution in [3.8, 4) is 0 Å². The second-order valence-corrected chi connectivity index (χ2v) is 7.30. The van der Waals surface area contributed by atoms with Crippen LogP contribution in [0.3, 0.4) is 0 Å². The Morgan fingerprint density at radius 1 is 1.08 bits per heavy atom. The Balaban J connectivity index is 1.61. The fraction of sp³-hybridized carbons (Fsp3) is 0.235. The summed E-state index contributed by atoms with van der Waals surface area (Å²) < 4.78 is 44.8. The third-order valence-corrected chi connectivity index (χ3v) is 5.32. The Labute approximate surface area is 145 Å². The number of hydrogen-bond donors (Lipinski definition) is 1. The number of rotatable bonds is 6. The summed E-state index contributed by atoms with van der Waals surface area (Å²) in [5, 5.41) is 0. The van der Waals surface area contributed by atoms with Crippen LogP contribution in [0.2, 0.25) is 0 Å². The maximum atomic E-state index is 12.8. The zero-order valence-electron chi connectivity index (χ0n) is 13.3. The van der Waals surface area contributed by atoms with Crippen molar-refractivity contribution < 1.29 is 22.3 Å². The van der Waals surface area contributed by atoms with Gasteiger partial charge in [-0.3, -0.25) is 4.90 Å². The highest BCUT2D eigenvalue weighted by Gasteiger charge is 2.24. The van der Waals surface area contributed by atoms with E-state index in [4.69, 9.17) is 4.74 Å². The van der Waals surface area contributed by atoms with Gasteiger partial charge < -0.3 is 4.74 Å². The number of anilines is 1. The molecule has 1 fully saturated rings. The third-order valence-electron chi connectivity index (χ3n) is 3.84. The number of halogens is 1. The molecular weight excluding hydrogens is 347 g/mol. The van der Waals surface area contributed by atoms with Gasteiger partial charge in [-0.1, -0.05) is 12.1 Å². The van der Waals surface area contributed by atoms with Crippen molar-refractivity contribution in [2.45, 2.75) is 11.3 Å². The lowest BCUT2D eigenvalue weighted by Gasteiger charge is -2.13. The summed E-state index contributed by atoms with van der Waals surface area (Å²) >= 11 is 0. The molecule has 0 unspecified atom stereocenters. The van der Waals surface area contributed by atoms with E-state index in [1.54, 1.807) is 24.3 Å². The lowest BCUT2D eigenvalue weighted by molar-refractivity contribution is 0.181. The van der Waals surface area contributed by atoms with E-state index in [0.29, 0.717) is 25.3 Å². The summed E-state index contributed by atoms with van der Waals surface area (Å²) in [6, 6.07) is 11.9. The molecular formula is C17H17FN2O4S. The molecule has 2 aromatic rings. The van der Waals surface area contributed by atoms with E-state index in [2.05, 4.69) is 4.72 Å². The predicted molar refractivity (Wildman–Crippen MR) is 90.4 cm³/mol. The first-order chi connectivity index (χ1) is 12.0. The van der Waals surface area contributed by atoms with Gasteiger partial charge in [-0.15, -0.1) is 0 Å². The van der Waals surface area contributed by atoms with Crippen molar-refractivity contribution >= 4 is 21.8 Å². The average molecular weight is 364 g/mol. The van der Waals surface area contributed by atoms with Gasteiger partial charge in [-0.25, -0.2) is 22.3 Å². The molecule has 0 saturated carbocycles. The zero-order valence-corrected chi connectivity index (χ0v) is 14.1. The van der Waals surface area contributed by atoms with E-state index in [0.717, 1.165) is 5.56 Å². The minimum atomic E-state index is -3.65. The van der Waals surface area contributed by atoms with Gasteiger partial charge in [0.15, 0.2) is 0 Å². The van der Waals surface area contributed by atoms with Crippen LogP contribution in [0.25, 0.3) is 0 Å². The summed E-state index contributed by atoms with van der Waals surface area (Å²) in [6.07, 6.45) is 0.0186. The summed E-state index contributed by atoms with van der Waals surface area (Å²) in [6.45, 7) is 0.971. The van der Waals surface area contributed by atoms with Crippen LogP contribution >= 0.6 is 0 Å². The lowest BCUT2D eigenvalue weighted by atomic mass is 10.1. The van der Waals surface area contributed by atoms with Gasteiger partial charge in [0.1, 0.15) is 12.4 Å². The first kappa shape index (κ1) is 17.4. The Hall–Kier alpha value is -2.45. The summed E-state index contributed by atoms with van der Waals surface area (Å²) in [5.41, 5.74) is 1.43. The highest BCUT2D eigenvalue weighted by Crippen LogP contribution is 2.21. The van der Waals surface area contributed by atoms with Crippen molar-refractivity contribution in [2.75, 3.05) is 24.6 Å². The molecule has 1 aliphatic heterocycles. The molecule has 3 rings (SSSR count). The fourth-order valence-electron chi connectivity index (χ4n) is 2.50. The smallest absolute Gasteiger partial charge is 0.414 e. The van der Waals surface area contributed by atoms with E-state index < -0.39 is 16.1 Å². The molecule has 25 heavy (non-hydrogen) atoms. The predicted octanol–water partition coefficient (Wildman–Crippen LogP) is 2.30. The molecule has 0 spiro atoms. The molecule has 6 nitrogen and oxygen atoms in total. The molecule has 1 amide bonds. The summed E-state index contributed by atoms with van der Waals surface area (Å²) in [4.78, 5) is 13.1. The molecule has 8 heteroatoms. The van der Waals surface area contributed by atoms with E-state index in [9.17, 15) is 17.6 Å². The fourth-order valence-corrected chi connectivity index (χ4v) is 3.53. The van der Waals surface area contributed by atoms with Crippen molar-refractivity contribution in [3.05, 3.63) is 59.9 Å². The van der Waals surface area contributed by atoms with Crippen molar-refractivity contribution in [1.82, 2.24) is 4.72 Å². The van der Waals surface area contributed by atoms with Crippen LogP contribution in [-0.4, -0.2) is 34.2 Å². The van der Waals surface area contributed by atoms with Crippen LogP contribution in [0.1, 0.15) is 5.56 Å². The number of sulfonamides is 1. The maximum absolute atomic E-state index is 12.8. The summed E-state index contributed by atoms with van der Waals surface area (Å²) in [7, 11) is -3.65. The van der Waals surface area contributed by atoms with E-state index in [1.165, 1.54) is 29.2 Å². The zero-order chi connectivity index (χ0) is 17.9. The van der Waals surface area contributed by atoms with Gasteiger partial charge in [0.25, 0.3) is 0 Å². The normalized spacial score (nSPS) is 14.6. The number of carbonyl (C=O) groups excluding carboxylic acids is 1. The number of cyclic esters (lactones) is 1. The number of nitrogens with one attached hydrogen (secondary N) is 1. The van der Waals surface area contributed by atoms with Crippen LogP contribution in [0.5, 0.6) is 0 Å². The average Bonchev–Trinajstić information content (AvgIpc) is 3.03. The van der Waals surface area contributed by atoms with Crippen LogP contribution in [0.4, 0.5) is 14.9 Å². The molecule has 1 heterocycles. The number of ether oxygens (including phenoxy) is 1. The highest BCUT2D eigenvalue weighted by atomic mass is 32.2. The first-order valence-corrected chi connectivity index (χ1v) is 9.22. The van der Waals surface area contributed by atoms with Crippen LogP contribution in [0.15, 0.2) is 53.4 Å². The second kappa shape index (κ2) is 7.20. The Morgan fingerprint density at radius 3 is 2.36 bits per heavy atom. The third kappa shape index (κ3) is 4.15. The monoisotopic (exact) mass is 364 g/mol. The first-order valence-electron chi connectivity index (χ1n) is 7.74. The standard InChI is InChI=1S/C17H17FN2O4S/c18-14-3-1-13(2-4-14)9-10-19-25(22,23)16-7-5-15(6-8-16)20-11-12-24-17(20)21/h1-8,19H,9-12H2. The molecule has 0 aliphatic carbocycles. The van der Waals surface area contributed by atoms with Gasteiger partial charge in [0.05, 0.1) is 11.4 Å². The second-order valence-electron chi connectivity index (χ2n) is 5.53. The molecule has 1 aliphatic rings. The Morgan fingerprint density at radius 2 is 1.76 bits per heavy atom. The van der Waals surface area contributed by atoms with Gasteiger partial charge in [-0.05, 0) is 48.4 Å². The Bertz CT molecular complexity index is 851. The summed E-state index contributed by atoms with van der Waals surface area (Å²) in [5.74, 6) is -0.327. The Kier molecular flexibility index (Phi) is 5.00. The molecule has 0 bridgehead atoms. The van der Waals surface area contributed by atoms with E-state index >= 15 is 0 Å². The quantitative estimate of drug-likeness (QED) is 0.853.